The van der Waals surface area contributed by atoms with Gasteiger partial charge in [-0.05, 0) is 35.9 Å². The zero-order valence-corrected chi connectivity index (χ0v) is 12.9. The predicted octanol–water partition coefficient (Wildman–Crippen LogP) is 2.81. The van der Waals surface area contributed by atoms with Gasteiger partial charge in [-0.1, -0.05) is 12.1 Å². The number of carbonyl (C=O) groups is 2. The van der Waals surface area contributed by atoms with E-state index in [0.29, 0.717) is 33.8 Å². The zero-order chi connectivity index (χ0) is 17.1. The largest absolute Gasteiger partial charge is 0.465 e. The van der Waals surface area contributed by atoms with Gasteiger partial charge in [0.25, 0.3) is 0 Å². The van der Waals surface area contributed by atoms with Gasteiger partial charge in [0.15, 0.2) is 0 Å². The first kappa shape index (κ1) is 15.4. The van der Waals surface area contributed by atoms with Gasteiger partial charge < -0.3 is 10.1 Å². The number of nitriles is 1. The summed E-state index contributed by atoms with van der Waals surface area (Å²) in [5, 5.41) is 11.8. The van der Waals surface area contributed by atoms with Crippen LogP contribution in [0.3, 0.4) is 0 Å². The first-order chi connectivity index (χ1) is 11.6. The number of nitrogens with one attached hydrogen (secondary N) is 1. The number of fused-ring (bicyclic) bond motifs is 1. The maximum Gasteiger partial charge on any atom is 0.337 e. The molecule has 0 spiro atoms. The molecule has 1 N–H and O–H groups in total. The Hall–Kier alpha value is -3.46. The molecule has 0 saturated carbocycles. The van der Waals surface area contributed by atoms with Crippen molar-refractivity contribution in [1.29, 1.82) is 5.26 Å². The second kappa shape index (κ2) is 6.34. The van der Waals surface area contributed by atoms with E-state index in [1.54, 1.807) is 36.4 Å². The second-order valence-corrected chi connectivity index (χ2v) is 5.20. The zero-order valence-electron chi connectivity index (χ0n) is 12.9. The standard InChI is InChI=1S/C18H13N3O3/c1-24-18(23)13-5-6-14-16(8-13)21-17(22)9-15(20-14)12-4-2-3-11(7-12)10-19/h2-8H,9H2,1H3,(H,21,22). The van der Waals surface area contributed by atoms with Crippen LogP contribution in [0, 0.1) is 11.3 Å². The van der Waals surface area contributed by atoms with Crippen LogP contribution in [0.15, 0.2) is 47.5 Å². The Morgan fingerprint density at radius 1 is 1.29 bits per heavy atom. The monoisotopic (exact) mass is 319 g/mol. The summed E-state index contributed by atoms with van der Waals surface area (Å²) in [5.74, 6) is -0.723. The molecular weight excluding hydrogens is 306 g/mol. The van der Waals surface area contributed by atoms with E-state index in [4.69, 9.17) is 5.26 Å². The van der Waals surface area contributed by atoms with Crippen molar-refractivity contribution in [3.8, 4) is 6.07 Å². The molecule has 24 heavy (non-hydrogen) atoms. The van der Waals surface area contributed by atoms with Gasteiger partial charge in [-0.3, -0.25) is 9.79 Å². The van der Waals surface area contributed by atoms with Crippen LogP contribution in [-0.2, 0) is 9.53 Å². The van der Waals surface area contributed by atoms with Crippen LogP contribution in [0.5, 0.6) is 0 Å². The molecule has 1 aliphatic heterocycles. The number of benzene rings is 2. The fourth-order valence-electron chi connectivity index (χ4n) is 2.44. The molecule has 1 heterocycles. The minimum absolute atomic E-state index is 0.0805. The van der Waals surface area contributed by atoms with Crippen molar-refractivity contribution in [3.63, 3.8) is 0 Å². The molecule has 0 fully saturated rings. The summed E-state index contributed by atoms with van der Waals surface area (Å²) in [7, 11) is 1.30. The highest BCUT2D eigenvalue weighted by Gasteiger charge is 2.19. The number of esters is 1. The SMILES string of the molecule is COC(=O)c1ccc2c(c1)NC(=O)CC(c1cccc(C#N)c1)=N2. The van der Waals surface area contributed by atoms with Gasteiger partial charge in [0, 0.05) is 0 Å². The van der Waals surface area contributed by atoms with Crippen molar-refractivity contribution in [2.45, 2.75) is 6.42 Å². The molecule has 6 nitrogen and oxygen atoms in total. The number of hydrogen-bond acceptors (Lipinski definition) is 5. The average molecular weight is 319 g/mol. The lowest BCUT2D eigenvalue weighted by molar-refractivity contribution is -0.115. The number of rotatable bonds is 2. The van der Waals surface area contributed by atoms with Gasteiger partial charge in [-0.2, -0.15) is 5.26 Å². The van der Waals surface area contributed by atoms with Gasteiger partial charge in [0.2, 0.25) is 5.91 Å². The van der Waals surface area contributed by atoms with Crippen LogP contribution in [-0.4, -0.2) is 24.7 Å². The van der Waals surface area contributed by atoms with Crippen LogP contribution >= 0.6 is 0 Å². The normalized spacial score (nSPS) is 13.0. The summed E-state index contributed by atoms with van der Waals surface area (Å²) in [6.07, 6.45) is 0.0805. The first-order valence-corrected chi connectivity index (χ1v) is 7.21. The fourth-order valence-corrected chi connectivity index (χ4v) is 2.44. The Kier molecular flexibility index (Phi) is 4.08. The van der Waals surface area contributed by atoms with E-state index in [2.05, 4.69) is 21.1 Å². The average Bonchev–Trinajstić information content (AvgIpc) is 2.78. The number of anilines is 1. The molecule has 0 bridgehead atoms. The topological polar surface area (TPSA) is 91.5 Å². The van der Waals surface area contributed by atoms with Crippen molar-refractivity contribution in [2.24, 2.45) is 4.99 Å². The molecule has 0 radical (unpaired) electrons. The predicted molar refractivity (Wildman–Crippen MR) is 88.4 cm³/mol. The molecule has 3 rings (SSSR count). The van der Waals surface area contributed by atoms with Gasteiger partial charge in [0.05, 0.1) is 47.8 Å². The van der Waals surface area contributed by atoms with E-state index < -0.39 is 5.97 Å². The number of nitrogens with zero attached hydrogens (tertiary/aromatic N) is 2. The quantitative estimate of drug-likeness (QED) is 0.862. The Morgan fingerprint density at radius 2 is 2.12 bits per heavy atom. The van der Waals surface area contributed by atoms with Crippen LogP contribution in [0.4, 0.5) is 11.4 Å². The van der Waals surface area contributed by atoms with Crippen molar-refractivity contribution in [2.75, 3.05) is 12.4 Å². The Bertz CT molecular complexity index is 910. The summed E-state index contributed by atoms with van der Waals surface area (Å²) < 4.78 is 4.68. The van der Waals surface area contributed by atoms with Crippen LogP contribution < -0.4 is 5.32 Å². The highest BCUT2D eigenvalue weighted by Crippen LogP contribution is 2.30. The number of carbonyl (C=O) groups excluding carboxylic acids is 2. The van der Waals surface area contributed by atoms with Gasteiger partial charge >= 0.3 is 5.97 Å². The molecule has 2 aromatic carbocycles. The molecule has 0 atom stereocenters. The van der Waals surface area contributed by atoms with Crippen molar-refractivity contribution < 1.29 is 14.3 Å². The molecular formula is C18H13N3O3. The van der Waals surface area contributed by atoms with E-state index in [1.807, 2.05) is 0 Å². The molecule has 0 aromatic heterocycles. The lowest BCUT2D eigenvalue weighted by Crippen LogP contribution is -2.15. The minimum atomic E-state index is -0.484. The van der Waals surface area contributed by atoms with Crippen molar-refractivity contribution in [3.05, 3.63) is 59.2 Å². The molecule has 118 valence electrons. The second-order valence-electron chi connectivity index (χ2n) is 5.20. The van der Waals surface area contributed by atoms with Crippen molar-refractivity contribution >= 4 is 29.0 Å². The summed E-state index contributed by atoms with van der Waals surface area (Å²) in [5.41, 5.74) is 3.12. The Balaban J connectivity index is 2.07. The maximum absolute atomic E-state index is 12.2. The fraction of sp³-hybridized carbons (Fsp3) is 0.111. The summed E-state index contributed by atoms with van der Waals surface area (Å²) in [4.78, 5) is 28.3. The summed E-state index contributed by atoms with van der Waals surface area (Å²) >= 11 is 0. The van der Waals surface area contributed by atoms with Crippen LogP contribution in [0.25, 0.3) is 0 Å². The lowest BCUT2D eigenvalue weighted by Gasteiger charge is -2.06. The first-order valence-electron chi connectivity index (χ1n) is 7.21. The summed E-state index contributed by atoms with van der Waals surface area (Å²) in [6, 6.07) is 13.8. The summed E-state index contributed by atoms with van der Waals surface area (Å²) in [6.45, 7) is 0. The molecule has 1 amide bonds. The third kappa shape index (κ3) is 3.01. The van der Waals surface area contributed by atoms with Gasteiger partial charge in [-0.15, -0.1) is 0 Å². The highest BCUT2D eigenvalue weighted by molar-refractivity contribution is 6.17. The maximum atomic E-state index is 12.2. The van der Waals surface area contributed by atoms with Gasteiger partial charge in [-0.25, -0.2) is 4.79 Å². The number of aliphatic imine (C=N–C) groups is 1. The minimum Gasteiger partial charge on any atom is -0.465 e. The third-order valence-corrected chi connectivity index (χ3v) is 3.60. The van der Waals surface area contributed by atoms with E-state index in [0.717, 1.165) is 0 Å². The molecule has 1 aliphatic rings. The Morgan fingerprint density at radius 3 is 2.88 bits per heavy atom. The number of methoxy groups -OCH3 is 1. The number of ether oxygens (including phenoxy) is 1. The van der Waals surface area contributed by atoms with E-state index in [9.17, 15) is 9.59 Å². The van der Waals surface area contributed by atoms with Gasteiger partial charge in [0.1, 0.15) is 0 Å². The molecule has 6 heteroatoms. The number of hydrogen-bond donors (Lipinski definition) is 1. The van der Waals surface area contributed by atoms with E-state index >= 15 is 0 Å². The third-order valence-electron chi connectivity index (χ3n) is 3.60. The lowest BCUT2D eigenvalue weighted by atomic mass is 10.0. The number of amides is 1. The van der Waals surface area contributed by atoms with E-state index in [1.165, 1.54) is 13.2 Å². The van der Waals surface area contributed by atoms with Crippen LogP contribution in [0.1, 0.15) is 27.9 Å². The smallest absolute Gasteiger partial charge is 0.337 e. The Labute approximate surface area is 138 Å². The van der Waals surface area contributed by atoms with Crippen molar-refractivity contribution in [1.82, 2.24) is 0 Å². The van der Waals surface area contributed by atoms with Crippen LogP contribution in [0.2, 0.25) is 0 Å². The van der Waals surface area contributed by atoms with E-state index in [-0.39, 0.29) is 12.3 Å². The molecule has 0 aliphatic carbocycles. The molecule has 0 saturated heterocycles. The molecule has 2 aromatic rings. The molecule has 0 unspecified atom stereocenters. The highest BCUT2D eigenvalue weighted by atomic mass is 16.5.